The average molecular weight is 411 g/mol. The van der Waals surface area contributed by atoms with Crippen molar-refractivity contribution in [1.29, 1.82) is 0 Å². The van der Waals surface area contributed by atoms with Crippen LogP contribution in [0.3, 0.4) is 0 Å². The topological polar surface area (TPSA) is 105 Å². The molecule has 0 unspecified atom stereocenters. The van der Waals surface area contributed by atoms with Gasteiger partial charge in [0.15, 0.2) is 0 Å². The number of hydrogen-bond acceptors (Lipinski definition) is 7. The van der Waals surface area contributed by atoms with Crippen molar-refractivity contribution in [2.24, 2.45) is 0 Å². The molecule has 0 atom stereocenters. The molecule has 0 radical (unpaired) electrons. The van der Waals surface area contributed by atoms with Crippen molar-refractivity contribution >= 4 is 16.0 Å². The Labute approximate surface area is 164 Å². The Kier molecular flexibility index (Phi) is 6.89. The highest BCUT2D eigenvalue weighted by molar-refractivity contribution is 7.89. The lowest BCUT2D eigenvalue weighted by atomic mass is 10.3. The van der Waals surface area contributed by atoms with Gasteiger partial charge < -0.3 is 18.9 Å². The highest BCUT2D eigenvalue weighted by Gasteiger charge is 2.27. The van der Waals surface area contributed by atoms with Crippen molar-refractivity contribution in [2.75, 3.05) is 46.5 Å². The van der Waals surface area contributed by atoms with Gasteiger partial charge in [-0.15, -0.1) is 0 Å². The normalized spacial score (nSPS) is 15.8. The highest BCUT2D eigenvalue weighted by Crippen LogP contribution is 2.20. The van der Waals surface area contributed by atoms with E-state index in [1.54, 1.807) is 12.1 Å². The molecule has 9 nitrogen and oxygen atoms in total. The molecule has 2 aromatic heterocycles. The number of carbonyl (C=O) groups is 1. The van der Waals surface area contributed by atoms with E-state index in [9.17, 15) is 13.2 Å². The molecule has 1 aliphatic heterocycles. The Morgan fingerprint density at radius 2 is 2.14 bits per heavy atom. The lowest BCUT2D eigenvalue weighted by molar-refractivity contribution is 0.0368. The molecule has 0 amide bonds. The molecule has 3 heterocycles. The number of nitrogens with zero attached hydrogens (tertiary/aromatic N) is 2. The lowest BCUT2D eigenvalue weighted by Gasteiger charge is -2.27. The van der Waals surface area contributed by atoms with Crippen LogP contribution in [0.2, 0.25) is 0 Å². The Balaban J connectivity index is 1.72. The third-order valence-corrected chi connectivity index (χ3v) is 6.42. The van der Waals surface area contributed by atoms with Gasteiger partial charge >= 0.3 is 5.97 Å². The summed E-state index contributed by atoms with van der Waals surface area (Å²) in [6.45, 7) is 4.35. The van der Waals surface area contributed by atoms with Gasteiger partial charge in [-0.25, -0.2) is 13.2 Å². The Bertz CT molecular complexity index is 856. The fourth-order valence-corrected chi connectivity index (χ4v) is 4.50. The van der Waals surface area contributed by atoms with Crippen LogP contribution in [-0.2, 0) is 26.0 Å². The van der Waals surface area contributed by atoms with Crippen LogP contribution in [0.5, 0.6) is 0 Å². The predicted octanol–water partition coefficient (Wildman–Crippen LogP) is 1.31. The van der Waals surface area contributed by atoms with E-state index in [0.717, 1.165) is 19.6 Å². The van der Waals surface area contributed by atoms with E-state index in [2.05, 4.69) is 14.6 Å². The van der Waals surface area contributed by atoms with Crippen LogP contribution < -0.4 is 0 Å². The Morgan fingerprint density at radius 3 is 2.82 bits per heavy atom. The van der Waals surface area contributed by atoms with Gasteiger partial charge in [-0.2, -0.15) is 4.31 Å². The van der Waals surface area contributed by atoms with Crippen molar-refractivity contribution in [3.63, 3.8) is 0 Å². The van der Waals surface area contributed by atoms with Crippen molar-refractivity contribution in [1.82, 2.24) is 14.2 Å². The van der Waals surface area contributed by atoms with E-state index >= 15 is 0 Å². The number of aromatic amines is 1. The summed E-state index contributed by atoms with van der Waals surface area (Å²) in [7, 11) is -2.57. The number of ether oxygens (including phenoxy) is 2. The third kappa shape index (κ3) is 5.02. The highest BCUT2D eigenvalue weighted by atomic mass is 32.2. The Morgan fingerprint density at radius 1 is 1.36 bits per heavy atom. The minimum absolute atomic E-state index is 0.0193. The molecule has 1 N–H and O–H groups in total. The molecule has 10 heteroatoms. The molecule has 154 valence electrons. The zero-order chi connectivity index (χ0) is 20.0. The zero-order valence-corrected chi connectivity index (χ0v) is 16.6. The average Bonchev–Trinajstić information content (AvgIpc) is 3.39. The molecule has 1 saturated heterocycles. The van der Waals surface area contributed by atoms with Crippen LogP contribution in [0.1, 0.15) is 22.7 Å². The summed E-state index contributed by atoms with van der Waals surface area (Å²) < 4.78 is 43.0. The van der Waals surface area contributed by atoms with Crippen molar-refractivity contribution in [2.45, 2.75) is 17.9 Å². The molecule has 28 heavy (non-hydrogen) atoms. The standard InChI is InChI=1S/C18H25N3O6S/c1-25-18(22)17-12-16(13-19-17)28(23,24)21(14-15-4-2-9-27-15)6-3-5-20-7-10-26-11-8-20/h2,4,9,12-13,19H,3,5-8,10-11,14H2,1H3. The molecule has 1 aliphatic rings. The Hall–Kier alpha value is -2.14. The minimum atomic E-state index is -3.81. The van der Waals surface area contributed by atoms with Gasteiger partial charge in [0.25, 0.3) is 0 Å². The van der Waals surface area contributed by atoms with Gasteiger partial charge in [0, 0.05) is 25.8 Å². The molecular formula is C18H25N3O6S. The number of H-pyrrole nitrogens is 1. The number of hydrogen-bond donors (Lipinski definition) is 1. The number of esters is 1. The number of furan rings is 1. The summed E-state index contributed by atoms with van der Waals surface area (Å²) in [5.41, 5.74) is 0.0901. The van der Waals surface area contributed by atoms with Crippen LogP contribution in [-0.4, -0.2) is 75.1 Å². The van der Waals surface area contributed by atoms with Crippen LogP contribution in [0.25, 0.3) is 0 Å². The number of methoxy groups -OCH3 is 1. The maximum atomic E-state index is 13.1. The predicted molar refractivity (Wildman–Crippen MR) is 100 cm³/mol. The lowest BCUT2D eigenvalue weighted by Crippen LogP contribution is -2.39. The van der Waals surface area contributed by atoms with Gasteiger partial charge in [-0.05, 0) is 31.2 Å². The van der Waals surface area contributed by atoms with Crippen molar-refractivity contribution in [3.05, 3.63) is 42.1 Å². The summed E-state index contributed by atoms with van der Waals surface area (Å²) in [5.74, 6) is -0.0648. The number of carbonyl (C=O) groups excluding carboxylic acids is 1. The van der Waals surface area contributed by atoms with Gasteiger partial charge in [0.05, 0.1) is 33.1 Å². The zero-order valence-electron chi connectivity index (χ0n) is 15.8. The van der Waals surface area contributed by atoms with Crippen molar-refractivity contribution < 1.29 is 27.1 Å². The van der Waals surface area contributed by atoms with E-state index in [-0.39, 0.29) is 17.1 Å². The summed E-state index contributed by atoms with van der Waals surface area (Å²) in [6, 6.07) is 4.75. The van der Waals surface area contributed by atoms with Crippen LogP contribution >= 0.6 is 0 Å². The number of aromatic nitrogens is 1. The van der Waals surface area contributed by atoms with Gasteiger partial charge in [-0.3, -0.25) is 4.90 Å². The van der Waals surface area contributed by atoms with Crippen molar-refractivity contribution in [3.8, 4) is 0 Å². The fraction of sp³-hybridized carbons (Fsp3) is 0.500. The second kappa shape index (κ2) is 9.37. The quantitative estimate of drug-likeness (QED) is 0.620. The minimum Gasteiger partial charge on any atom is -0.468 e. The molecule has 0 aromatic carbocycles. The maximum Gasteiger partial charge on any atom is 0.354 e. The molecule has 0 aliphatic carbocycles. The summed E-state index contributed by atoms with van der Waals surface area (Å²) in [5, 5.41) is 0. The molecule has 2 aromatic rings. The first-order chi connectivity index (χ1) is 13.5. The number of rotatable bonds is 9. The van der Waals surface area contributed by atoms with Gasteiger partial charge in [-0.1, -0.05) is 0 Å². The van der Waals surface area contributed by atoms with E-state index in [0.29, 0.717) is 31.9 Å². The first-order valence-corrected chi connectivity index (χ1v) is 10.5. The van der Waals surface area contributed by atoms with Crippen LogP contribution in [0.15, 0.2) is 40.0 Å². The van der Waals surface area contributed by atoms with E-state index in [1.807, 2.05) is 0 Å². The number of morpholine rings is 1. The second-order valence-corrected chi connectivity index (χ2v) is 8.40. The summed E-state index contributed by atoms with van der Waals surface area (Å²) in [4.78, 5) is 16.6. The maximum absolute atomic E-state index is 13.1. The first-order valence-electron chi connectivity index (χ1n) is 9.10. The SMILES string of the molecule is COC(=O)c1cc(S(=O)(=O)N(CCCN2CCOCC2)Cc2ccco2)c[nH]1. The molecular weight excluding hydrogens is 386 g/mol. The summed E-state index contributed by atoms with van der Waals surface area (Å²) in [6.07, 6.45) is 3.49. The number of nitrogens with one attached hydrogen (secondary N) is 1. The van der Waals surface area contributed by atoms with E-state index < -0.39 is 16.0 Å². The van der Waals surface area contributed by atoms with Gasteiger partial charge in [0.2, 0.25) is 10.0 Å². The first kappa shape index (κ1) is 20.6. The molecule has 1 fully saturated rings. The molecule has 3 rings (SSSR count). The summed E-state index contributed by atoms with van der Waals surface area (Å²) >= 11 is 0. The molecule has 0 bridgehead atoms. The van der Waals surface area contributed by atoms with E-state index in [4.69, 9.17) is 9.15 Å². The smallest absolute Gasteiger partial charge is 0.354 e. The third-order valence-electron chi connectivity index (χ3n) is 4.60. The monoisotopic (exact) mass is 411 g/mol. The largest absolute Gasteiger partial charge is 0.468 e. The van der Waals surface area contributed by atoms with E-state index in [1.165, 1.54) is 29.9 Å². The second-order valence-electron chi connectivity index (χ2n) is 6.47. The molecule has 0 saturated carbocycles. The van der Waals surface area contributed by atoms with Gasteiger partial charge in [0.1, 0.15) is 16.3 Å². The number of sulfonamides is 1. The van der Waals surface area contributed by atoms with Crippen LogP contribution in [0, 0.1) is 0 Å². The molecule has 0 spiro atoms. The van der Waals surface area contributed by atoms with Crippen LogP contribution in [0.4, 0.5) is 0 Å². The fourth-order valence-electron chi connectivity index (χ4n) is 3.06.